The molecule has 0 saturated carbocycles. The smallest absolute Gasteiger partial charge is 0.273 e. The molecule has 0 bridgehead atoms. The summed E-state index contributed by atoms with van der Waals surface area (Å²) in [5, 5.41) is 7.96. The van der Waals surface area contributed by atoms with Crippen LogP contribution in [0.25, 0.3) is 11.3 Å². The molecule has 6 heteroatoms. The fourth-order valence-corrected chi connectivity index (χ4v) is 4.32. The number of amides is 1. The molecule has 31 heavy (non-hydrogen) atoms. The van der Waals surface area contributed by atoms with E-state index in [2.05, 4.69) is 10.2 Å². The highest BCUT2D eigenvalue weighted by Gasteiger charge is 2.42. The first-order valence-electron chi connectivity index (χ1n) is 9.98. The Labute approximate surface area is 184 Å². The van der Waals surface area contributed by atoms with Gasteiger partial charge in [0.2, 0.25) is 0 Å². The van der Waals surface area contributed by atoms with Crippen LogP contribution >= 0.6 is 11.6 Å². The van der Waals surface area contributed by atoms with Gasteiger partial charge in [-0.2, -0.15) is 5.10 Å². The number of halogens is 2. The standard InChI is InChI=1S/C25H19ClFN3O/c1-15-9-11-16(12-10-15)22-21-23(29-28-22)25(31)30(14-18-5-2-3-8-20(18)26)24(21)17-6-4-7-19(27)13-17/h2-13,24H,14H2,1H3,(H,28,29). The van der Waals surface area contributed by atoms with Gasteiger partial charge in [-0.3, -0.25) is 9.89 Å². The molecular weight excluding hydrogens is 413 g/mol. The summed E-state index contributed by atoms with van der Waals surface area (Å²) in [5.41, 5.74) is 5.43. The first kappa shape index (κ1) is 19.5. The van der Waals surface area contributed by atoms with Gasteiger partial charge >= 0.3 is 0 Å². The summed E-state index contributed by atoms with van der Waals surface area (Å²) in [4.78, 5) is 15.1. The lowest BCUT2D eigenvalue weighted by Gasteiger charge is -2.27. The van der Waals surface area contributed by atoms with E-state index in [-0.39, 0.29) is 11.7 Å². The molecule has 2 heterocycles. The molecule has 1 amide bonds. The van der Waals surface area contributed by atoms with E-state index < -0.39 is 6.04 Å². The minimum Gasteiger partial charge on any atom is -0.322 e. The molecule has 0 aliphatic carbocycles. The van der Waals surface area contributed by atoms with Gasteiger partial charge in [0.05, 0.1) is 11.7 Å². The molecule has 0 fully saturated rings. The zero-order valence-corrected chi connectivity index (χ0v) is 17.5. The lowest BCUT2D eigenvalue weighted by atomic mass is 9.95. The average molecular weight is 432 g/mol. The van der Waals surface area contributed by atoms with Gasteiger partial charge in [-0.25, -0.2) is 4.39 Å². The van der Waals surface area contributed by atoms with Gasteiger partial charge in [-0.15, -0.1) is 0 Å². The lowest BCUT2D eigenvalue weighted by molar-refractivity contribution is 0.0730. The number of aromatic amines is 1. The first-order valence-corrected chi connectivity index (χ1v) is 10.4. The summed E-state index contributed by atoms with van der Waals surface area (Å²) in [6.45, 7) is 2.32. The number of H-pyrrole nitrogens is 1. The Kier molecular flexibility index (Phi) is 4.83. The highest BCUT2D eigenvalue weighted by molar-refractivity contribution is 6.31. The van der Waals surface area contributed by atoms with Crippen LogP contribution in [0.5, 0.6) is 0 Å². The molecule has 1 atom stereocenters. The Morgan fingerprint density at radius 3 is 2.58 bits per heavy atom. The third kappa shape index (κ3) is 3.41. The summed E-state index contributed by atoms with van der Waals surface area (Å²) >= 11 is 6.38. The molecular formula is C25H19ClFN3O. The molecule has 5 rings (SSSR count). The second-order valence-electron chi connectivity index (χ2n) is 7.71. The average Bonchev–Trinajstić information content (AvgIpc) is 3.30. The van der Waals surface area contributed by atoms with E-state index in [9.17, 15) is 9.18 Å². The van der Waals surface area contributed by atoms with Crippen LogP contribution in [0.15, 0.2) is 72.8 Å². The number of carbonyl (C=O) groups is 1. The van der Waals surface area contributed by atoms with Crippen molar-refractivity contribution < 1.29 is 9.18 Å². The second-order valence-corrected chi connectivity index (χ2v) is 8.12. The van der Waals surface area contributed by atoms with Crippen LogP contribution in [0.2, 0.25) is 5.02 Å². The number of nitrogens with one attached hydrogen (secondary N) is 1. The Hall–Kier alpha value is -3.44. The molecule has 1 N–H and O–H groups in total. The van der Waals surface area contributed by atoms with Gasteiger partial charge in [0.25, 0.3) is 5.91 Å². The zero-order valence-electron chi connectivity index (χ0n) is 16.8. The van der Waals surface area contributed by atoms with Crippen LogP contribution in [0, 0.1) is 12.7 Å². The number of carbonyl (C=O) groups excluding carboxylic acids is 1. The Morgan fingerprint density at radius 2 is 1.84 bits per heavy atom. The second kappa shape index (κ2) is 7.67. The molecule has 0 spiro atoms. The third-order valence-electron chi connectivity index (χ3n) is 5.65. The van der Waals surface area contributed by atoms with Gasteiger partial charge in [0, 0.05) is 22.7 Å². The topological polar surface area (TPSA) is 49.0 Å². The van der Waals surface area contributed by atoms with Crippen LogP contribution in [-0.4, -0.2) is 21.0 Å². The number of fused-ring (bicyclic) bond motifs is 1. The van der Waals surface area contributed by atoms with Crippen molar-refractivity contribution in [3.05, 3.63) is 112 Å². The number of hydrogen-bond acceptors (Lipinski definition) is 2. The summed E-state index contributed by atoms with van der Waals surface area (Å²) in [6.07, 6.45) is 0. The van der Waals surface area contributed by atoms with Crippen LogP contribution in [0.1, 0.15) is 38.8 Å². The molecule has 4 aromatic rings. The molecule has 1 aliphatic rings. The molecule has 1 aromatic heterocycles. The summed E-state index contributed by atoms with van der Waals surface area (Å²) in [7, 11) is 0. The third-order valence-corrected chi connectivity index (χ3v) is 6.02. The van der Waals surface area contributed by atoms with Crippen LogP contribution in [0.3, 0.4) is 0 Å². The van der Waals surface area contributed by atoms with Crippen molar-refractivity contribution in [2.45, 2.75) is 19.5 Å². The van der Waals surface area contributed by atoms with Crippen molar-refractivity contribution in [2.24, 2.45) is 0 Å². The number of aromatic nitrogens is 2. The van der Waals surface area contributed by atoms with Crippen LogP contribution in [0.4, 0.5) is 4.39 Å². The quantitative estimate of drug-likeness (QED) is 0.435. The number of nitrogens with zero attached hydrogens (tertiary/aromatic N) is 2. The van der Waals surface area contributed by atoms with Crippen molar-refractivity contribution in [2.75, 3.05) is 0 Å². The Morgan fingerprint density at radius 1 is 1.06 bits per heavy atom. The molecule has 154 valence electrons. The minimum absolute atomic E-state index is 0.185. The summed E-state index contributed by atoms with van der Waals surface area (Å²) < 4.78 is 14.2. The van der Waals surface area contributed by atoms with Crippen LogP contribution < -0.4 is 0 Å². The molecule has 3 aromatic carbocycles. The van der Waals surface area contributed by atoms with Gasteiger partial charge < -0.3 is 4.90 Å². The molecule has 0 saturated heterocycles. The SMILES string of the molecule is Cc1ccc(-c2n[nH]c3c2C(c2cccc(F)c2)N(Cc2ccccc2Cl)C3=O)cc1. The van der Waals surface area contributed by atoms with Crippen molar-refractivity contribution in [3.8, 4) is 11.3 Å². The summed E-state index contributed by atoms with van der Waals surface area (Å²) in [5.74, 6) is -0.536. The van der Waals surface area contributed by atoms with E-state index in [1.165, 1.54) is 12.1 Å². The number of aryl methyl sites for hydroxylation is 1. The fraction of sp³-hybridized carbons (Fsp3) is 0.120. The van der Waals surface area contributed by atoms with Gasteiger partial charge in [-0.05, 0) is 36.2 Å². The highest BCUT2D eigenvalue weighted by atomic mass is 35.5. The normalized spacial score (nSPS) is 15.4. The lowest BCUT2D eigenvalue weighted by Crippen LogP contribution is -2.29. The number of hydrogen-bond donors (Lipinski definition) is 1. The maximum Gasteiger partial charge on any atom is 0.273 e. The van der Waals surface area contributed by atoms with E-state index >= 15 is 0 Å². The minimum atomic E-state index is -0.482. The predicted octanol–water partition coefficient (Wildman–Crippen LogP) is 5.92. The molecule has 1 aliphatic heterocycles. The van der Waals surface area contributed by atoms with Crippen molar-refractivity contribution in [1.29, 1.82) is 0 Å². The van der Waals surface area contributed by atoms with Gasteiger partial charge in [0.1, 0.15) is 11.5 Å². The van der Waals surface area contributed by atoms with E-state index in [0.717, 1.165) is 22.3 Å². The molecule has 0 radical (unpaired) electrons. The van der Waals surface area contributed by atoms with Gasteiger partial charge in [-0.1, -0.05) is 71.8 Å². The fourth-order valence-electron chi connectivity index (χ4n) is 4.12. The number of rotatable bonds is 4. The van der Waals surface area contributed by atoms with E-state index in [4.69, 9.17) is 11.6 Å². The Balaban J connectivity index is 1.66. The maximum atomic E-state index is 14.2. The Bertz CT molecular complexity index is 1280. The maximum absolute atomic E-state index is 14.2. The monoisotopic (exact) mass is 431 g/mol. The van der Waals surface area contributed by atoms with Crippen molar-refractivity contribution in [3.63, 3.8) is 0 Å². The van der Waals surface area contributed by atoms with E-state index in [1.807, 2.05) is 55.5 Å². The largest absolute Gasteiger partial charge is 0.322 e. The first-order chi connectivity index (χ1) is 15.0. The van der Waals surface area contributed by atoms with Crippen molar-refractivity contribution in [1.82, 2.24) is 15.1 Å². The van der Waals surface area contributed by atoms with E-state index in [0.29, 0.717) is 28.5 Å². The van der Waals surface area contributed by atoms with E-state index in [1.54, 1.807) is 17.0 Å². The summed E-state index contributed by atoms with van der Waals surface area (Å²) in [6, 6.07) is 21.3. The predicted molar refractivity (Wildman–Crippen MR) is 118 cm³/mol. The molecule has 4 nitrogen and oxygen atoms in total. The van der Waals surface area contributed by atoms with Gasteiger partial charge in [0.15, 0.2) is 0 Å². The zero-order chi connectivity index (χ0) is 21.5. The van der Waals surface area contributed by atoms with Crippen LogP contribution in [-0.2, 0) is 6.54 Å². The molecule has 1 unspecified atom stereocenters. The van der Waals surface area contributed by atoms with Crippen molar-refractivity contribution >= 4 is 17.5 Å². The number of benzene rings is 3. The highest BCUT2D eigenvalue weighted by Crippen LogP contribution is 2.43.